The summed E-state index contributed by atoms with van der Waals surface area (Å²) in [4.78, 5) is 0. The Morgan fingerprint density at radius 2 is 1.84 bits per heavy atom. The Morgan fingerprint density at radius 1 is 1.00 bits per heavy atom. The van der Waals surface area contributed by atoms with E-state index in [1.54, 1.807) is 7.11 Å². The van der Waals surface area contributed by atoms with E-state index in [0.717, 1.165) is 18.2 Å². The predicted octanol–water partition coefficient (Wildman–Crippen LogP) is 6.59. The SMILES string of the molecule is COc1ccc([C@H]2CC[C@H](CNc3cccc(-c4cnn(C5CC5)c4)c3)CC2)cc1C. The van der Waals surface area contributed by atoms with Crippen LogP contribution in [0.25, 0.3) is 11.1 Å². The molecule has 2 fully saturated rings. The molecule has 1 N–H and O–H groups in total. The molecule has 4 nitrogen and oxygen atoms in total. The second-order valence-corrected chi connectivity index (χ2v) is 9.35. The van der Waals surface area contributed by atoms with Crippen LogP contribution in [0.4, 0.5) is 5.69 Å². The van der Waals surface area contributed by atoms with Crippen LogP contribution < -0.4 is 10.1 Å². The molecule has 0 unspecified atom stereocenters. The number of aryl methyl sites for hydroxylation is 1. The van der Waals surface area contributed by atoms with Gasteiger partial charge in [0, 0.05) is 24.0 Å². The van der Waals surface area contributed by atoms with Crippen LogP contribution in [0.1, 0.15) is 61.6 Å². The summed E-state index contributed by atoms with van der Waals surface area (Å²) < 4.78 is 7.54. The summed E-state index contributed by atoms with van der Waals surface area (Å²) in [5.74, 6) is 2.42. The second kappa shape index (κ2) is 8.78. The minimum atomic E-state index is 0.631. The average Bonchev–Trinajstić information content (AvgIpc) is 3.54. The third-order valence-corrected chi connectivity index (χ3v) is 7.05. The van der Waals surface area contributed by atoms with Crippen molar-refractivity contribution in [1.82, 2.24) is 9.78 Å². The van der Waals surface area contributed by atoms with Crippen LogP contribution in [0, 0.1) is 12.8 Å². The Morgan fingerprint density at radius 3 is 2.58 bits per heavy atom. The highest BCUT2D eigenvalue weighted by atomic mass is 16.5. The molecule has 1 aromatic heterocycles. The van der Waals surface area contributed by atoms with E-state index in [9.17, 15) is 0 Å². The lowest BCUT2D eigenvalue weighted by molar-refractivity contribution is 0.338. The normalized spacial score (nSPS) is 21.1. The van der Waals surface area contributed by atoms with Crippen LogP contribution in [-0.2, 0) is 0 Å². The van der Waals surface area contributed by atoms with Crippen molar-refractivity contribution in [1.29, 1.82) is 0 Å². The van der Waals surface area contributed by atoms with Crippen molar-refractivity contribution >= 4 is 5.69 Å². The van der Waals surface area contributed by atoms with Crippen molar-refractivity contribution in [2.45, 2.75) is 57.4 Å². The molecule has 2 saturated carbocycles. The highest BCUT2D eigenvalue weighted by molar-refractivity contribution is 5.67. The summed E-state index contributed by atoms with van der Waals surface area (Å²) in [5, 5.41) is 8.24. The number of anilines is 1. The minimum Gasteiger partial charge on any atom is -0.496 e. The molecule has 2 aromatic carbocycles. The zero-order chi connectivity index (χ0) is 21.2. The van der Waals surface area contributed by atoms with Gasteiger partial charge >= 0.3 is 0 Å². The van der Waals surface area contributed by atoms with Gasteiger partial charge in [0.15, 0.2) is 0 Å². The van der Waals surface area contributed by atoms with E-state index < -0.39 is 0 Å². The van der Waals surface area contributed by atoms with Gasteiger partial charge in [-0.2, -0.15) is 5.10 Å². The topological polar surface area (TPSA) is 39.1 Å². The second-order valence-electron chi connectivity index (χ2n) is 9.35. The van der Waals surface area contributed by atoms with Crippen molar-refractivity contribution in [3.8, 4) is 16.9 Å². The quantitative estimate of drug-likeness (QED) is 0.473. The summed E-state index contributed by atoms with van der Waals surface area (Å²) in [6.07, 6.45) is 11.9. The van der Waals surface area contributed by atoms with E-state index >= 15 is 0 Å². The molecule has 4 heteroatoms. The number of ether oxygens (including phenoxy) is 1. The summed E-state index contributed by atoms with van der Waals surface area (Å²) >= 11 is 0. The van der Waals surface area contributed by atoms with E-state index in [1.165, 1.54) is 66.5 Å². The zero-order valence-electron chi connectivity index (χ0n) is 18.7. The third-order valence-electron chi connectivity index (χ3n) is 7.05. The lowest BCUT2D eigenvalue weighted by atomic mass is 9.78. The maximum atomic E-state index is 5.42. The molecule has 0 atom stereocenters. The number of hydrogen-bond acceptors (Lipinski definition) is 3. The molecule has 162 valence electrons. The fraction of sp³-hybridized carbons (Fsp3) is 0.444. The Hall–Kier alpha value is -2.75. The monoisotopic (exact) mass is 415 g/mol. The van der Waals surface area contributed by atoms with E-state index in [4.69, 9.17) is 4.74 Å². The van der Waals surface area contributed by atoms with Crippen LogP contribution in [0.15, 0.2) is 54.9 Å². The first-order chi connectivity index (χ1) is 15.2. The maximum absolute atomic E-state index is 5.42. The first-order valence-electron chi connectivity index (χ1n) is 11.7. The summed E-state index contributed by atoms with van der Waals surface area (Å²) in [7, 11) is 1.75. The van der Waals surface area contributed by atoms with Gasteiger partial charge in [-0.1, -0.05) is 24.3 Å². The molecule has 0 saturated heterocycles. The number of aromatic nitrogens is 2. The maximum Gasteiger partial charge on any atom is 0.121 e. The van der Waals surface area contributed by atoms with E-state index in [2.05, 4.69) is 70.7 Å². The lowest BCUT2D eigenvalue weighted by Gasteiger charge is -2.29. The van der Waals surface area contributed by atoms with Crippen LogP contribution in [-0.4, -0.2) is 23.4 Å². The third kappa shape index (κ3) is 4.63. The fourth-order valence-corrected chi connectivity index (χ4v) is 4.95. The number of nitrogens with zero attached hydrogens (tertiary/aromatic N) is 2. The lowest BCUT2D eigenvalue weighted by Crippen LogP contribution is -2.20. The molecular weight excluding hydrogens is 382 g/mol. The van der Waals surface area contributed by atoms with Gasteiger partial charge in [0.1, 0.15) is 5.75 Å². The summed E-state index contributed by atoms with van der Waals surface area (Å²) in [5.41, 5.74) is 6.39. The van der Waals surface area contributed by atoms with E-state index in [1.807, 2.05) is 6.20 Å². The highest BCUT2D eigenvalue weighted by Gasteiger charge is 2.24. The van der Waals surface area contributed by atoms with Gasteiger partial charge in [-0.15, -0.1) is 0 Å². The molecule has 2 aliphatic carbocycles. The number of rotatable bonds is 7. The van der Waals surface area contributed by atoms with E-state index in [-0.39, 0.29) is 0 Å². The molecule has 0 bridgehead atoms. The van der Waals surface area contributed by atoms with Gasteiger partial charge in [-0.3, -0.25) is 4.68 Å². The van der Waals surface area contributed by atoms with Crippen molar-refractivity contribution in [3.05, 3.63) is 66.0 Å². The smallest absolute Gasteiger partial charge is 0.121 e. The first-order valence-corrected chi connectivity index (χ1v) is 11.7. The Bertz CT molecular complexity index is 1030. The number of methoxy groups -OCH3 is 1. The van der Waals surface area contributed by atoms with Gasteiger partial charge in [0.2, 0.25) is 0 Å². The molecular formula is C27H33N3O. The Kier molecular flexibility index (Phi) is 5.71. The number of hydrogen-bond donors (Lipinski definition) is 1. The molecule has 2 aliphatic rings. The van der Waals surface area contributed by atoms with Gasteiger partial charge in [-0.05, 0) is 92.2 Å². The summed E-state index contributed by atoms with van der Waals surface area (Å²) in [6, 6.07) is 16.1. The Labute approximate surface area is 185 Å². The minimum absolute atomic E-state index is 0.631. The molecule has 0 spiro atoms. The van der Waals surface area contributed by atoms with Crippen molar-refractivity contribution in [2.75, 3.05) is 19.0 Å². The molecule has 0 radical (unpaired) electrons. The van der Waals surface area contributed by atoms with Crippen molar-refractivity contribution in [3.63, 3.8) is 0 Å². The molecule has 5 rings (SSSR count). The van der Waals surface area contributed by atoms with Gasteiger partial charge in [-0.25, -0.2) is 0 Å². The van der Waals surface area contributed by atoms with Crippen LogP contribution >= 0.6 is 0 Å². The van der Waals surface area contributed by atoms with Crippen molar-refractivity contribution in [2.24, 2.45) is 5.92 Å². The predicted molar refractivity (Wildman–Crippen MR) is 127 cm³/mol. The largest absolute Gasteiger partial charge is 0.496 e. The van der Waals surface area contributed by atoms with Crippen LogP contribution in [0.3, 0.4) is 0 Å². The number of benzene rings is 2. The number of nitrogens with one attached hydrogen (secondary N) is 1. The van der Waals surface area contributed by atoms with Gasteiger partial charge in [0.25, 0.3) is 0 Å². The van der Waals surface area contributed by atoms with Crippen molar-refractivity contribution < 1.29 is 4.74 Å². The average molecular weight is 416 g/mol. The summed E-state index contributed by atoms with van der Waals surface area (Å²) in [6.45, 7) is 3.20. The molecule has 0 amide bonds. The highest BCUT2D eigenvalue weighted by Crippen LogP contribution is 2.38. The first kappa shape index (κ1) is 20.2. The zero-order valence-corrected chi connectivity index (χ0v) is 18.7. The van der Waals surface area contributed by atoms with Gasteiger partial charge < -0.3 is 10.1 Å². The van der Waals surface area contributed by atoms with E-state index in [0.29, 0.717) is 12.0 Å². The Balaban J connectivity index is 1.15. The van der Waals surface area contributed by atoms with Gasteiger partial charge in [0.05, 0.1) is 19.3 Å². The molecule has 31 heavy (non-hydrogen) atoms. The van der Waals surface area contributed by atoms with Crippen LogP contribution in [0.2, 0.25) is 0 Å². The molecule has 3 aromatic rings. The standard InChI is InChI=1S/C27H33N3O/c1-19-14-23(10-13-27(19)31-2)21-8-6-20(7-9-21)16-28-25-5-3-4-22(15-25)24-17-29-30(18-24)26-11-12-26/h3-5,10,13-15,17-18,20-21,26,28H,6-9,11-12,16H2,1-2H3/t20-,21-. The fourth-order valence-electron chi connectivity index (χ4n) is 4.95. The molecule has 0 aliphatic heterocycles. The molecule has 1 heterocycles. The van der Waals surface area contributed by atoms with Crippen LogP contribution in [0.5, 0.6) is 5.75 Å².